The fourth-order valence-corrected chi connectivity index (χ4v) is 1.97. The molecule has 0 aliphatic carbocycles. The van der Waals surface area contributed by atoms with Gasteiger partial charge in [0, 0.05) is 0 Å². The predicted octanol–water partition coefficient (Wildman–Crippen LogP) is 4.38. The number of nitrogens with two attached hydrogens (primary N) is 1. The number of carbonyl (C=O) groups is 1. The number of unbranched alkanes of at least 4 members (excludes halogenated alkanes) is 4. The van der Waals surface area contributed by atoms with E-state index in [9.17, 15) is 18.0 Å². The summed E-state index contributed by atoms with van der Waals surface area (Å²) in [5, 5.41) is 0. The summed E-state index contributed by atoms with van der Waals surface area (Å²) in [6.07, 6.45) is 0.711. The third-order valence-corrected chi connectivity index (χ3v) is 3.34. The summed E-state index contributed by atoms with van der Waals surface area (Å²) in [5.74, 6) is -0.525. The first kappa shape index (κ1) is 18.5. The monoisotopic (exact) mass is 317 g/mol. The van der Waals surface area contributed by atoms with Crippen LogP contribution in [0.4, 0.5) is 13.2 Å². The SMILES string of the molecule is CCCCCCCOC(=O)c1ccc(C(N)C(F)(F)F)cc1. The second kappa shape index (κ2) is 8.78. The number of hydrogen-bond donors (Lipinski definition) is 1. The predicted molar refractivity (Wildman–Crippen MR) is 78.5 cm³/mol. The third kappa shape index (κ3) is 6.05. The lowest BCUT2D eigenvalue weighted by Crippen LogP contribution is -2.28. The average Bonchev–Trinajstić information content (AvgIpc) is 2.49. The summed E-state index contributed by atoms with van der Waals surface area (Å²) < 4.78 is 42.5. The van der Waals surface area contributed by atoms with Gasteiger partial charge in [0.15, 0.2) is 0 Å². The van der Waals surface area contributed by atoms with E-state index in [1.165, 1.54) is 24.3 Å². The molecule has 0 fully saturated rings. The van der Waals surface area contributed by atoms with Gasteiger partial charge in [-0.05, 0) is 24.1 Å². The van der Waals surface area contributed by atoms with E-state index in [0.717, 1.165) is 32.1 Å². The van der Waals surface area contributed by atoms with Crippen LogP contribution in [0.15, 0.2) is 24.3 Å². The standard InChI is InChI=1S/C16H22F3NO2/c1-2-3-4-5-6-11-22-15(21)13-9-7-12(8-10-13)14(20)16(17,18)19/h7-10,14H,2-6,11,20H2,1H3. The normalized spacial score (nSPS) is 13.0. The molecular formula is C16H22F3NO2. The van der Waals surface area contributed by atoms with Crippen molar-refractivity contribution in [1.29, 1.82) is 0 Å². The van der Waals surface area contributed by atoms with E-state index in [0.29, 0.717) is 6.61 Å². The van der Waals surface area contributed by atoms with Crippen molar-refractivity contribution < 1.29 is 22.7 Å². The first-order valence-electron chi connectivity index (χ1n) is 7.45. The number of alkyl halides is 3. The van der Waals surface area contributed by atoms with Gasteiger partial charge in [-0.25, -0.2) is 4.79 Å². The quantitative estimate of drug-likeness (QED) is 0.572. The lowest BCUT2D eigenvalue weighted by atomic mass is 10.1. The Kier molecular flexibility index (Phi) is 7.38. The van der Waals surface area contributed by atoms with Crippen LogP contribution in [0.25, 0.3) is 0 Å². The second-order valence-corrected chi connectivity index (χ2v) is 5.19. The first-order valence-corrected chi connectivity index (χ1v) is 7.45. The van der Waals surface area contributed by atoms with Crippen LogP contribution in [-0.2, 0) is 4.74 Å². The molecule has 0 radical (unpaired) electrons. The number of benzene rings is 1. The molecule has 1 unspecified atom stereocenters. The molecule has 1 aromatic rings. The van der Waals surface area contributed by atoms with Gasteiger partial charge in [-0.1, -0.05) is 44.7 Å². The maximum absolute atomic E-state index is 12.5. The molecule has 22 heavy (non-hydrogen) atoms. The Hall–Kier alpha value is -1.56. The summed E-state index contributed by atoms with van der Waals surface area (Å²) in [6, 6.07) is 2.98. The molecule has 0 aromatic heterocycles. The molecule has 0 saturated carbocycles. The summed E-state index contributed by atoms with van der Waals surface area (Å²) in [7, 11) is 0. The van der Waals surface area contributed by atoms with Gasteiger partial charge in [-0.3, -0.25) is 0 Å². The highest BCUT2D eigenvalue weighted by atomic mass is 19.4. The van der Waals surface area contributed by atoms with E-state index >= 15 is 0 Å². The Morgan fingerprint density at radius 3 is 2.27 bits per heavy atom. The molecule has 0 amide bonds. The smallest absolute Gasteiger partial charge is 0.407 e. The molecule has 0 bridgehead atoms. The van der Waals surface area contributed by atoms with Crippen molar-refractivity contribution in [2.45, 2.75) is 51.2 Å². The molecule has 1 rings (SSSR count). The van der Waals surface area contributed by atoms with Crippen LogP contribution in [-0.4, -0.2) is 18.8 Å². The molecule has 0 aliphatic heterocycles. The first-order chi connectivity index (χ1) is 10.4. The van der Waals surface area contributed by atoms with Gasteiger partial charge in [-0.15, -0.1) is 0 Å². The highest BCUT2D eigenvalue weighted by Gasteiger charge is 2.37. The van der Waals surface area contributed by atoms with Gasteiger partial charge in [-0.2, -0.15) is 13.2 Å². The van der Waals surface area contributed by atoms with Gasteiger partial charge < -0.3 is 10.5 Å². The Labute approximate surface area is 128 Å². The van der Waals surface area contributed by atoms with E-state index in [2.05, 4.69) is 6.92 Å². The van der Waals surface area contributed by atoms with Crippen molar-refractivity contribution >= 4 is 5.97 Å². The minimum Gasteiger partial charge on any atom is -0.462 e. The largest absolute Gasteiger partial charge is 0.462 e. The van der Waals surface area contributed by atoms with Crippen LogP contribution in [0, 0.1) is 0 Å². The number of carbonyl (C=O) groups excluding carboxylic acids is 1. The topological polar surface area (TPSA) is 52.3 Å². The molecule has 0 saturated heterocycles. The molecule has 1 atom stereocenters. The maximum atomic E-state index is 12.5. The molecule has 0 aliphatic rings. The van der Waals surface area contributed by atoms with Gasteiger partial charge in [0.1, 0.15) is 6.04 Å². The average molecular weight is 317 g/mol. The lowest BCUT2D eigenvalue weighted by molar-refractivity contribution is -0.149. The summed E-state index contributed by atoms with van der Waals surface area (Å²) in [6.45, 7) is 2.45. The molecule has 2 N–H and O–H groups in total. The van der Waals surface area contributed by atoms with Crippen LogP contribution in [0.2, 0.25) is 0 Å². The molecule has 1 aromatic carbocycles. The van der Waals surface area contributed by atoms with Crippen molar-refractivity contribution in [3.63, 3.8) is 0 Å². The van der Waals surface area contributed by atoms with Crippen molar-refractivity contribution in [3.05, 3.63) is 35.4 Å². The van der Waals surface area contributed by atoms with Gasteiger partial charge in [0.25, 0.3) is 0 Å². The van der Waals surface area contributed by atoms with Gasteiger partial charge >= 0.3 is 12.1 Å². The maximum Gasteiger partial charge on any atom is 0.407 e. The fraction of sp³-hybridized carbons (Fsp3) is 0.562. The second-order valence-electron chi connectivity index (χ2n) is 5.19. The third-order valence-electron chi connectivity index (χ3n) is 3.34. The number of hydrogen-bond acceptors (Lipinski definition) is 3. The van der Waals surface area contributed by atoms with Crippen molar-refractivity contribution in [2.75, 3.05) is 6.61 Å². The number of halogens is 3. The van der Waals surface area contributed by atoms with Crippen molar-refractivity contribution in [3.8, 4) is 0 Å². The van der Waals surface area contributed by atoms with Gasteiger partial charge in [0.05, 0.1) is 12.2 Å². The van der Waals surface area contributed by atoms with Crippen molar-refractivity contribution in [1.82, 2.24) is 0 Å². The van der Waals surface area contributed by atoms with Gasteiger partial charge in [0.2, 0.25) is 0 Å². The molecule has 6 heteroatoms. The van der Waals surface area contributed by atoms with Crippen LogP contribution < -0.4 is 5.73 Å². The van der Waals surface area contributed by atoms with Crippen molar-refractivity contribution in [2.24, 2.45) is 5.73 Å². The summed E-state index contributed by atoms with van der Waals surface area (Å²) >= 11 is 0. The highest BCUT2D eigenvalue weighted by Crippen LogP contribution is 2.30. The Morgan fingerprint density at radius 2 is 1.73 bits per heavy atom. The molecule has 3 nitrogen and oxygen atoms in total. The molecule has 0 heterocycles. The molecular weight excluding hydrogens is 295 g/mol. The number of ether oxygens (including phenoxy) is 1. The minimum absolute atomic E-state index is 0.0800. The molecule has 124 valence electrons. The van der Waals surface area contributed by atoms with Crippen LogP contribution >= 0.6 is 0 Å². The van der Waals surface area contributed by atoms with E-state index in [4.69, 9.17) is 10.5 Å². The lowest BCUT2D eigenvalue weighted by Gasteiger charge is -2.15. The van der Waals surface area contributed by atoms with Crippen LogP contribution in [0.1, 0.15) is 61.0 Å². The van der Waals surface area contributed by atoms with E-state index < -0.39 is 18.2 Å². The Balaban J connectivity index is 2.44. The summed E-state index contributed by atoms with van der Waals surface area (Å²) in [4.78, 5) is 11.7. The number of esters is 1. The van der Waals surface area contributed by atoms with Crippen LogP contribution in [0.3, 0.4) is 0 Å². The summed E-state index contributed by atoms with van der Waals surface area (Å²) in [5.41, 5.74) is 5.24. The molecule has 0 spiro atoms. The van der Waals surface area contributed by atoms with Crippen LogP contribution in [0.5, 0.6) is 0 Å². The number of rotatable bonds is 8. The highest BCUT2D eigenvalue weighted by molar-refractivity contribution is 5.89. The van der Waals surface area contributed by atoms with E-state index in [1.54, 1.807) is 0 Å². The zero-order valence-electron chi connectivity index (χ0n) is 12.7. The Morgan fingerprint density at radius 1 is 1.14 bits per heavy atom. The minimum atomic E-state index is -4.50. The zero-order chi connectivity index (χ0) is 16.6. The fourth-order valence-electron chi connectivity index (χ4n) is 1.97. The van der Waals surface area contributed by atoms with E-state index in [-0.39, 0.29) is 11.1 Å². The zero-order valence-corrected chi connectivity index (χ0v) is 12.7. The van der Waals surface area contributed by atoms with E-state index in [1.807, 2.05) is 0 Å². The Bertz CT molecular complexity index is 457.